The van der Waals surface area contributed by atoms with Gasteiger partial charge in [0.25, 0.3) is 0 Å². The molecule has 2 aliphatic carbocycles. The Balaban J connectivity index is 1.36. The van der Waals surface area contributed by atoms with Crippen LogP contribution in [0.4, 0.5) is 0 Å². The van der Waals surface area contributed by atoms with Crippen molar-refractivity contribution in [2.24, 2.45) is 5.92 Å². The highest BCUT2D eigenvalue weighted by Crippen LogP contribution is 2.42. The summed E-state index contributed by atoms with van der Waals surface area (Å²) in [6.45, 7) is 4.42. The zero-order valence-electron chi connectivity index (χ0n) is 16.3. The Morgan fingerprint density at radius 1 is 1.00 bits per heavy atom. The van der Waals surface area contributed by atoms with E-state index in [0.717, 1.165) is 64.4 Å². The standard InChI is InChI=1S/C23H32N2O2/c26-22(23(11-5-2-6-12-23)19-7-3-1-4-8-19)24-13-14-25-20(15-24)16-27-17-21(25)18-9-10-18/h1,3-4,7-8,18,20-21H,2,5-6,9-17H2/t20-,21-/m1/s1. The van der Waals surface area contributed by atoms with Gasteiger partial charge in [0.05, 0.1) is 24.7 Å². The van der Waals surface area contributed by atoms with E-state index in [-0.39, 0.29) is 5.41 Å². The van der Waals surface area contributed by atoms with Crippen molar-refractivity contribution in [3.05, 3.63) is 35.9 Å². The Labute approximate surface area is 162 Å². The van der Waals surface area contributed by atoms with Gasteiger partial charge in [0, 0.05) is 25.7 Å². The fraction of sp³-hybridized carbons (Fsp3) is 0.696. The number of amides is 1. The Kier molecular flexibility index (Phi) is 4.73. The lowest BCUT2D eigenvalue weighted by molar-refractivity contribution is -0.147. The van der Waals surface area contributed by atoms with Crippen LogP contribution in [0.3, 0.4) is 0 Å². The number of fused-ring (bicyclic) bond motifs is 1. The predicted octanol–water partition coefficient (Wildman–Crippen LogP) is 3.21. The Bertz CT molecular complexity index is 666. The van der Waals surface area contributed by atoms with Gasteiger partial charge < -0.3 is 9.64 Å². The van der Waals surface area contributed by atoms with Gasteiger partial charge in [-0.05, 0) is 37.2 Å². The minimum Gasteiger partial charge on any atom is -0.378 e. The number of morpholine rings is 1. The van der Waals surface area contributed by atoms with Crippen LogP contribution in [0.25, 0.3) is 0 Å². The van der Waals surface area contributed by atoms with E-state index in [9.17, 15) is 4.79 Å². The quantitative estimate of drug-likeness (QED) is 0.821. The molecule has 2 saturated carbocycles. The average molecular weight is 369 g/mol. The highest BCUT2D eigenvalue weighted by atomic mass is 16.5. The molecule has 0 spiro atoms. The van der Waals surface area contributed by atoms with Gasteiger partial charge in [-0.1, -0.05) is 49.6 Å². The number of piperazine rings is 1. The number of carbonyl (C=O) groups excluding carboxylic acids is 1. The van der Waals surface area contributed by atoms with E-state index in [0.29, 0.717) is 18.0 Å². The zero-order chi connectivity index (χ0) is 18.3. The third-order valence-electron chi connectivity index (χ3n) is 7.45. The molecule has 4 heteroatoms. The van der Waals surface area contributed by atoms with E-state index < -0.39 is 0 Å². The van der Waals surface area contributed by atoms with Crippen LogP contribution in [0.2, 0.25) is 0 Å². The largest absolute Gasteiger partial charge is 0.378 e. The highest BCUT2D eigenvalue weighted by Gasteiger charge is 2.47. The van der Waals surface area contributed by atoms with Crippen molar-refractivity contribution >= 4 is 5.91 Å². The Morgan fingerprint density at radius 3 is 2.52 bits per heavy atom. The molecule has 0 N–H and O–H groups in total. The van der Waals surface area contributed by atoms with Crippen molar-refractivity contribution in [1.29, 1.82) is 0 Å². The minimum absolute atomic E-state index is 0.299. The number of rotatable bonds is 3. The van der Waals surface area contributed by atoms with Crippen LogP contribution < -0.4 is 0 Å². The molecule has 2 atom stereocenters. The third kappa shape index (κ3) is 3.21. The van der Waals surface area contributed by atoms with Crippen LogP contribution in [-0.4, -0.2) is 60.6 Å². The van der Waals surface area contributed by atoms with E-state index >= 15 is 0 Å². The molecular formula is C23H32N2O2. The van der Waals surface area contributed by atoms with Gasteiger partial charge in [-0.2, -0.15) is 0 Å². The Morgan fingerprint density at radius 2 is 1.78 bits per heavy atom. The van der Waals surface area contributed by atoms with Crippen molar-refractivity contribution in [2.75, 3.05) is 32.8 Å². The van der Waals surface area contributed by atoms with E-state index in [1.807, 2.05) is 0 Å². The molecule has 1 aromatic rings. The van der Waals surface area contributed by atoms with E-state index in [1.165, 1.54) is 24.8 Å². The monoisotopic (exact) mass is 368 g/mol. The van der Waals surface area contributed by atoms with Gasteiger partial charge in [0.2, 0.25) is 5.91 Å². The summed E-state index contributed by atoms with van der Waals surface area (Å²) in [5, 5.41) is 0. The van der Waals surface area contributed by atoms with Gasteiger partial charge in [0.1, 0.15) is 0 Å². The molecule has 2 aliphatic heterocycles. The lowest BCUT2D eigenvalue weighted by Crippen LogP contribution is -2.65. The highest BCUT2D eigenvalue weighted by molar-refractivity contribution is 5.88. The van der Waals surface area contributed by atoms with Crippen molar-refractivity contribution in [3.63, 3.8) is 0 Å². The van der Waals surface area contributed by atoms with Crippen molar-refractivity contribution in [3.8, 4) is 0 Å². The van der Waals surface area contributed by atoms with E-state index in [1.54, 1.807) is 0 Å². The van der Waals surface area contributed by atoms with Gasteiger partial charge in [0.15, 0.2) is 0 Å². The number of hydrogen-bond acceptors (Lipinski definition) is 3. The minimum atomic E-state index is -0.299. The summed E-state index contributed by atoms with van der Waals surface area (Å²) in [4.78, 5) is 18.7. The molecular weight excluding hydrogens is 336 g/mol. The summed E-state index contributed by atoms with van der Waals surface area (Å²) in [7, 11) is 0. The summed E-state index contributed by atoms with van der Waals surface area (Å²) in [6, 6.07) is 11.6. The smallest absolute Gasteiger partial charge is 0.233 e. The topological polar surface area (TPSA) is 32.8 Å². The maximum absolute atomic E-state index is 13.8. The number of carbonyl (C=O) groups is 1. The predicted molar refractivity (Wildman–Crippen MR) is 106 cm³/mol. The normalized spacial score (nSPS) is 31.3. The first-order valence-corrected chi connectivity index (χ1v) is 11.0. The SMILES string of the molecule is O=C(N1CCN2[C@@H](COC[C@@H]2C2CC2)C1)C1(c2ccccc2)CCCCC1. The number of ether oxygens (including phenoxy) is 1. The van der Waals surface area contributed by atoms with Gasteiger partial charge in [-0.15, -0.1) is 0 Å². The molecule has 0 unspecified atom stereocenters. The van der Waals surface area contributed by atoms with Crippen LogP contribution in [-0.2, 0) is 14.9 Å². The number of nitrogens with zero attached hydrogens (tertiary/aromatic N) is 2. The molecule has 4 fully saturated rings. The Hall–Kier alpha value is -1.39. The number of hydrogen-bond donors (Lipinski definition) is 0. The maximum Gasteiger partial charge on any atom is 0.233 e. The average Bonchev–Trinajstić information content (AvgIpc) is 3.59. The molecule has 5 rings (SSSR count). The summed E-state index contributed by atoms with van der Waals surface area (Å²) in [5.74, 6) is 1.21. The molecule has 2 heterocycles. The molecule has 146 valence electrons. The molecule has 2 saturated heterocycles. The summed E-state index contributed by atoms with van der Waals surface area (Å²) in [5.41, 5.74) is 0.931. The lowest BCUT2D eigenvalue weighted by atomic mass is 9.68. The van der Waals surface area contributed by atoms with Gasteiger partial charge in [-0.25, -0.2) is 0 Å². The third-order valence-corrected chi connectivity index (χ3v) is 7.45. The van der Waals surface area contributed by atoms with Crippen LogP contribution in [0.15, 0.2) is 30.3 Å². The van der Waals surface area contributed by atoms with E-state index in [4.69, 9.17) is 4.74 Å². The molecule has 4 nitrogen and oxygen atoms in total. The summed E-state index contributed by atoms with van der Waals surface area (Å²) >= 11 is 0. The molecule has 1 amide bonds. The molecule has 1 aromatic carbocycles. The molecule has 0 aromatic heterocycles. The fourth-order valence-electron chi connectivity index (χ4n) is 5.79. The first-order chi connectivity index (χ1) is 13.3. The van der Waals surface area contributed by atoms with Crippen LogP contribution in [0.5, 0.6) is 0 Å². The summed E-state index contributed by atoms with van der Waals surface area (Å²) in [6.07, 6.45) is 8.31. The first kappa shape index (κ1) is 17.7. The lowest BCUT2D eigenvalue weighted by Gasteiger charge is -2.50. The van der Waals surface area contributed by atoms with Crippen molar-refractivity contribution in [1.82, 2.24) is 9.80 Å². The molecule has 0 radical (unpaired) electrons. The second-order valence-corrected chi connectivity index (χ2v) is 9.09. The molecule has 27 heavy (non-hydrogen) atoms. The van der Waals surface area contributed by atoms with Crippen LogP contribution >= 0.6 is 0 Å². The fourth-order valence-corrected chi connectivity index (χ4v) is 5.79. The summed E-state index contributed by atoms with van der Waals surface area (Å²) < 4.78 is 5.96. The van der Waals surface area contributed by atoms with Crippen LogP contribution in [0.1, 0.15) is 50.5 Å². The number of benzene rings is 1. The van der Waals surface area contributed by atoms with Crippen molar-refractivity contribution < 1.29 is 9.53 Å². The van der Waals surface area contributed by atoms with Gasteiger partial charge >= 0.3 is 0 Å². The molecule has 4 aliphatic rings. The van der Waals surface area contributed by atoms with Gasteiger partial charge in [-0.3, -0.25) is 9.69 Å². The van der Waals surface area contributed by atoms with Crippen LogP contribution in [0, 0.1) is 5.92 Å². The maximum atomic E-state index is 13.8. The first-order valence-electron chi connectivity index (χ1n) is 11.0. The van der Waals surface area contributed by atoms with Crippen molar-refractivity contribution in [2.45, 2.75) is 62.4 Å². The second-order valence-electron chi connectivity index (χ2n) is 9.09. The zero-order valence-corrected chi connectivity index (χ0v) is 16.3. The molecule has 0 bridgehead atoms. The van der Waals surface area contributed by atoms with E-state index in [2.05, 4.69) is 40.1 Å². The second kappa shape index (κ2) is 7.21.